The van der Waals surface area contributed by atoms with Gasteiger partial charge in [0.15, 0.2) is 0 Å². The van der Waals surface area contributed by atoms with Gasteiger partial charge < -0.3 is 9.64 Å². The van der Waals surface area contributed by atoms with E-state index in [0.29, 0.717) is 32.1 Å². The minimum Gasteiger partial charge on any atom is -0.475 e. The van der Waals surface area contributed by atoms with Gasteiger partial charge in [-0.3, -0.25) is 5.10 Å². The van der Waals surface area contributed by atoms with E-state index in [1.165, 1.54) is 0 Å². The Hall–Kier alpha value is -2.72. The number of H-pyrrole nitrogens is 1. The van der Waals surface area contributed by atoms with Crippen molar-refractivity contribution in [2.45, 2.75) is 39.0 Å². The maximum atomic E-state index is 12.4. The lowest BCUT2D eigenvalue weighted by molar-refractivity contribution is 0.233. The molecule has 4 heterocycles. The minimum absolute atomic E-state index is 0.0333. The van der Waals surface area contributed by atoms with E-state index in [0.717, 1.165) is 28.0 Å². The molecule has 0 saturated carbocycles. The van der Waals surface area contributed by atoms with Crippen LogP contribution in [0.3, 0.4) is 0 Å². The molecule has 31 heavy (non-hydrogen) atoms. The van der Waals surface area contributed by atoms with Crippen molar-refractivity contribution in [3.05, 3.63) is 30.6 Å². The van der Waals surface area contributed by atoms with Gasteiger partial charge in [-0.25, -0.2) is 18.4 Å². The van der Waals surface area contributed by atoms with Crippen LogP contribution >= 0.6 is 0 Å². The third-order valence-electron chi connectivity index (χ3n) is 5.32. The number of aromatic nitrogens is 4. The summed E-state index contributed by atoms with van der Waals surface area (Å²) in [6.07, 6.45) is 3.51. The van der Waals surface area contributed by atoms with Crippen LogP contribution in [-0.2, 0) is 10.0 Å². The first-order valence-electron chi connectivity index (χ1n) is 10.5. The molecule has 166 valence electrons. The minimum atomic E-state index is -3.23. The van der Waals surface area contributed by atoms with E-state index >= 15 is 0 Å². The quantitative estimate of drug-likeness (QED) is 0.623. The molecule has 0 aromatic carbocycles. The van der Waals surface area contributed by atoms with E-state index in [-0.39, 0.29) is 6.10 Å². The fourth-order valence-electron chi connectivity index (χ4n) is 3.63. The van der Waals surface area contributed by atoms with Crippen molar-refractivity contribution in [2.24, 2.45) is 0 Å². The largest absolute Gasteiger partial charge is 0.475 e. The molecule has 1 N–H and O–H groups in total. The normalized spacial score (nSPS) is 15.9. The Morgan fingerprint density at radius 2 is 1.81 bits per heavy atom. The molecule has 0 aliphatic carbocycles. The second-order valence-corrected chi connectivity index (χ2v) is 10.7. The van der Waals surface area contributed by atoms with Crippen LogP contribution in [0.25, 0.3) is 22.2 Å². The number of hydrogen-bond acceptors (Lipinski definition) is 7. The first-order valence-corrected chi connectivity index (χ1v) is 12.0. The maximum absolute atomic E-state index is 12.4. The van der Waals surface area contributed by atoms with Gasteiger partial charge in [0.05, 0.1) is 23.1 Å². The van der Waals surface area contributed by atoms with Crippen LogP contribution in [0.5, 0.6) is 5.88 Å². The van der Waals surface area contributed by atoms with E-state index in [1.54, 1.807) is 30.5 Å². The summed E-state index contributed by atoms with van der Waals surface area (Å²) in [4.78, 5) is 10.9. The van der Waals surface area contributed by atoms with E-state index in [1.807, 2.05) is 32.0 Å². The summed E-state index contributed by atoms with van der Waals surface area (Å²) in [5.74, 6) is 1.37. The van der Waals surface area contributed by atoms with Gasteiger partial charge in [-0.15, -0.1) is 0 Å². The summed E-state index contributed by atoms with van der Waals surface area (Å²) in [6, 6.07) is 5.80. The second kappa shape index (κ2) is 8.43. The van der Waals surface area contributed by atoms with Gasteiger partial charge in [-0.2, -0.15) is 9.40 Å². The smallest absolute Gasteiger partial charge is 0.216 e. The Morgan fingerprint density at radius 1 is 1.06 bits per heavy atom. The number of hydrogen-bond donors (Lipinski definition) is 1. The van der Waals surface area contributed by atoms with Crippen LogP contribution in [0, 0.1) is 0 Å². The van der Waals surface area contributed by atoms with Crippen molar-refractivity contribution in [3.63, 3.8) is 0 Å². The van der Waals surface area contributed by atoms with Gasteiger partial charge in [0.2, 0.25) is 15.9 Å². The van der Waals surface area contributed by atoms with Crippen molar-refractivity contribution in [1.82, 2.24) is 24.5 Å². The van der Waals surface area contributed by atoms with Gasteiger partial charge in [0.25, 0.3) is 0 Å². The number of pyridine rings is 2. The van der Waals surface area contributed by atoms with Crippen molar-refractivity contribution in [2.75, 3.05) is 31.1 Å². The Bertz CT molecular complexity index is 1170. The summed E-state index contributed by atoms with van der Waals surface area (Å²) in [5.41, 5.74) is 2.56. The van der Waals surface area contributed by atoms with Crippen LogP contribution in [0.4, 0.5) is 5.82 Å². The first kappa shape index (κ1) is 21.5. The van der Waals surface area contributed by atoms with E-state index in [9.17, 15) is 8.42 Å². The number of ether oxygens (including phenoxy) is 1. The molecule has 0 bridgehead atoms. The number of fused-ring (bicyclic) bond motifs is 1. The van der Waals surface area contributed by atoms with Crippen LogP contribution < -0.4 is 9.64 Å². The second-order valence-electron chi connectivity index (χ2n) is 8.19. The average molecular weight is 445 g/mol. The van der Waals surface area contributed by atoms with Gasteiger partial charge in [0.1, 0.15) is 11.5 Å². The van der Waals surface area contributed by atoms with Crippen molar-refractivity contribution in [1.29, 1.82) is 0 Å². The van der Waals surface area contributed by atoms with Crippen LogP contribution in [-0.4, -0.2) is 70.4 Å². The molecule has 1 aliphatic heterocycles. The summed E-state index contributed by atoms with van der Waals surface area (Å²) < 4.78 is 32.1. The first-order chi connectivity index (χ1) is 14.8. The van der Waals surface area contributed by atoms with Gasteiger partial charge in [0, 0.05) is 49.4 Å². The highest BCUT2D eigenvalue weighted by molar-refractivity contribution is 7.89. The predicted molar refractivity (Wildman–Crippen MR) is 121 cm³/mol. The standard InChI is InChI=1S/C21H28N6O3S/c1-14(2)30-20-12-17-18(13-23-20)24-25-21(17)16-5-6-22-19(11-16)26-7-9-27(10-8-26)31(28,29)15(3)4/h5-6,11-15H,7-10H2,1-4H3,(H,24,25). The van der Waals surface area contributed by atoms with Crippen LogP contribution in [0.15, 0.2) is 30.6 Å². The molecule has 0 amide bonds. The Labute approximate surface area is 182 Å². The zero-order valence-corrected chi connectivity index (χ0v) is 19.1. The lowest BCUT2D eigenvalue weighted by atomic mass is 10.1. The average Bonchev–Trinajstić information content (AvgIpc) is 3.16. The number of piperazine rings is 1. The maximum Gasteiger partial charge on any atom is 0.216 e. The predicted octanol–water partition coefficient (Wildman–Crippen LogP) is 2.67. The molecular weight excluding hydrogens is 416 g/mol. The summed E-state index contributed by atoms with van der Waals surface area (Å²) >= 11 is 0. The highest BCUT2D eigenvalue weighted by Crippen LogP contribution is 2.30. The molecule has 0 atom stereocenters. The van der Waals surface area contributed by atoms with Crippen LogP contribution in [0.1, 0.15) is 27.7 Å². The van der Waals surface area contributed by atoms with Crippen molar-refractivity contribution < 1.29 is 13.2 Å². The number of nitrogens with zero attached hydrogens (tertiary/aromatic N) is 5. The molecule has 10 heteroatoms. The van der Waals surface area contributed by atoms with Gasteiger partial charge in [-0.1, -0.05) is 0 Å². The molecule has 3 aromatic heterocycles. The van der Waals surface area contributed by atoms with Crippen molar-refractivity contribution in [3.8, 4) is 17.1 Å². The number of sulfonamides is 1. The zero-order chi connectivity index (χ0) is 22.2. The monoisotopic (exact) mass is 444 g/mol. The van der Waals surface area contributed by atoms with Crippen LogP contribution in [0.2, 0.25) is 0 Å². The van der Waals surface area contributed by atoms with E-state index in [2.05, 4.69) is 25.1 Å². The number of nitrogens with one attached hydrogen (secondary N) is 1. The third kappa shape index (κ3) is 4.35. The highest BCUT2D eigenvalue weighted by Gasteiger charge is 2.29. The molecule has 0 spiro atoms. The van der Waals surface area contributed by atoms with E-state index in [4.69, 9.17) is 4.74 Å². The molecule has 9 nitrogen and oxygen atoms in total. The number of aromatic amines is 1. The van der Waals surface area contributed by atoms with Gasteiger partial charge in [-0.05, 0) is 39.8 Å². The molecule has 1 fully saturated rings. The lowest BCUT2D eigenvalue weighted by Gasteiger charge is -2.35. The van der Waals surface area contributed by atoms with Crippen molar-refractivity contribution >= 4 is 26.7 Å². The Kier molecular flexibility index (Phi) is 5.85. The van der Waals surface area contributed by atoms with E-state index < -0.39 is 15.3 Å². The van der Waals surface area contributed by atoms with Gasteiger partial charge >= 0.3 is 0 Å². The summed E-state index contributed by atoms with van der Waals surface area (Å²) in [7, 11) is -3.23. The summed E-state index contributed by atoms with van der Waals surface area (Å²) in [6.45, 7) is 9.47. The fourth-order valence-corrected chi connectivity index (χ4v) is 4.90. The summed E-state index contributed by atoms with van der Waals surface area (Å²) in [5, 5.41) is 8.02. The molecular formula is C21H28N6O3S. The molecule has 1 saturated heterocycles. The SMILES string of the molecule is CC(C)Oc1cc2c(-c3ccnc(N4CCN(S(=O)(=O)C(C)C)CC4)c3)n[nH]c2cn1. The molecule has 4 rings (SSSR count). The molecule has 0 unspecified atom stereocenters. The zero-order valence-electron chi connectivity index (χ0n) is 18.2. The highest BCUT2D eigenvalue weighted by atomic mass is 32.2. The number of rotatable bonds is 6. The molecule has 1 aliphatic rings. The Morgan fingerprint density at radius 3 is 2.48 bits per heavy atom. The third-order valence-corrected chi connectivity index (χ3v) is 7.59. The Balaban J connectivity index is 1.57. The molecule has 0 radical (unpaired) electrons. The topological polar surface area (TPSA) is 104 Å². The molecule has 3 aromatic rings. The number of anilines is 1. The lowest BCUT2D eigenvalue weighted by Crippen LogP contribution is -2.50. The fraction of sp³-hybridized carbons (Fsp3) is 0.476.